The third kappa shape index (κ3) is 3.02. The molecule has 13 heavy (non-hydrogen) atoms. The van der Waals surface area contributed by atoms with Crippen LogP contribution in [0.3, 0.4) is 0 Å². The van der Waals surface area contributed by atoms with Gasteiger partial charge in [-0.15, -0.1) is 0 Å². The molecule has 0 saturated carbocycles. The molecular weight excluding hydrogens is 170 g/mol. The maximum Gasteiger partial charge on any atom is 0.314 e. The zero-order valence-electron chi connectivity index (χ0n) is 7.42. The van der Waals surface area contributed by atoms with Crippen LogP contribution in [0.15, 0.2) is 6.07 Å². The third-order valence-corrected chi connectivity index (χ3v) is 1.56. The van der Waals surface area contributed by atoms with Gasteiger partial charge in [0.1, 0.15) is 5.82 Å². The number of carbonyl (C=O) groups excluding carboxylic acids is 1. The molecule has 6 nitrogen and oxygen atoms in total. The van der Waals surface area contributed by atoms with Gasteiger partial charge in [-0.25, -0.2) is 4.79 Å². The summed E-state index contributed by atoms with van der Waals surface area (Å²) in [6.07, 6.45) is 0.692. The van der Waals surface area contributed by atoms with Gasteiger partial charge in [0.05, 0.1) is 0 Å². The molecule has 2 amide bonds. The molecule has 0 bridgehead atoms. The number of aromatic nitrogens is 2. The minimum atomic E-state index is -0.188. The highest BCUT2D eigenvalue weighted by molar-refractivity contribution is 5.73. The number of nitrogens with one attached hydrogen (secondary N) is 3. The van der Waals surface area contributed by atoms with Gasteiger partial charge in [0.2, 0.25) is 0 Å². The molecule has 0 aliphatic heterocycles. The monoisotopic (exact) mass is 183 g/mol. The van der Waals surface area contributed by atoms with Gasteiger partial charge < -0.3 is 16.4 Å². The molecule has 0 saturated heterocycles. The van der Waals surface area contributed by atoms with Gasteiger partial charge >= 0.3 is 6.03 Å². The van der Waals surface area contributed by atoms with E-state index in [9.17, 15) is 4.79 Å². The summed E-state index contributed by atoms with van der Waals surface area (Å²) in [5.74, 6) is 0.468. The highest BCUT2D eigenvalue weighted by atomic mass is 16.2. The summed E-state index contributed by atoms with van der Waals surface area (Å²) in [5.41, 5.74) is 6.31. The summed E-state index contributed by atoms with van der Waals surface area (Å²) in [7, 11) is 1.57. The topological polar surface area (TPSA) is 95.8 Å². The number of nitrogens with two attached hydrogens (primary N) is 1. The average Bonchev–Trinajstić information content (AvgIpc) is 2.51. The van der Waals surface area contributed by atoms with Crippen molar-refractivity contribution in [2.75, 3.05) is 19.3 Å². The number of aromatic amines is 1. The van der Waals surface area contributed by atoms with Crippen LogP contribution in [0.4, 0.5) is 10.6 Å². The van der Waals surface area contributed by atoms with Crippen molar-refractivity contribution in [3.8, 4) is 0 Å². The van der Waals surface area contributed by atoms with Gasteiger partial charge in [-0.05, 0) is 0 Å². The van der Waals surface area contributed by atoms with Crippen LogP contribution >= 0.6 is 0 Å². The van der Waals surface area contributed by atoms with Crippen LogP contribution < -0.4 is 16.4 Å². The minimum Gasteiger partial charge on any atom is -0.382 e. The Kier molecular flexibility index (Phi) is 3.13. The molecule has 0 atom stereocenters. The van der Waals surface area contributed by atoms with Crippen LogP contribution in [-0.4, -0.2) is 29.8 Å². The SMILES string of the molecule is CNC(=O)NCCc1cc(N)n[nH]1. The van der Waals surface area contributed by atoms with Crippen molar-refractivity contribution < 1.29 is 4.79 Å². The van der Waals surface area contributed by atoms with Crippen LogP contribution in [0, 0.1) is 0 Å². The van der Waals surface area contributed by atoms with Crippen LogP contribution in [0.5, 0.6) is 0 Å². The Morgan fingerprint density at radius 1 is 1.77 bits per heavy atom. The summed E-state index contributed by atoms with van der Waals surface area (Å²) in [6.45, 7) is 0.557. The van der Waals surface area contributed by atoms with E-state index in [1.54, 1.807) is 13.1 Å². The molecule has 1 aromatic rings. The fraction of sp³-hybridized carbons (Fsp3) is 0.429. The molecule has 0 aromatic carbocycles. The Bertz CT molecular complexity index is 282. The normalized spacial score (nSPS) is 9.62. The first-order chi connectivity index (χ1) is 6.22. The highest BCUT2D eigenvalue weighted by Crippen LogP contribution is 1.99. The molecule has 0 aliphatic rings. The number of nitrogen functional groups attached to an aromatic ring is 1. The first kappa shape index (κ1) is 9.37. The molecule has 0 spiro atoms. The molecule has 1 rings (SSSR count). The second-order valence-electron chi connectivity index (χ2n) is 2.57. The van der Waals surface area contributed by atoms with E-state index in [0.717, 1.165) is 5.69 Å². The number of H-pyrrole nitrogens is 1. The molecule has 0 aliphatic carbocycles. The maximum atomic E-state index is 10.7. The van der Waals surface area contributed by atoms with Crippen LogP contribution in [0.1, 0.15) is 5.69 Å². The van der Waals surface area contributed by atoms with Gasteiger partial charge in [0.15, 0.2) is 0 Å². The van der Waals surface area contributed by atoms with Gasteiger partial charge in [-0.3, -0.25) is 5.10 Å². The second-order valence-corrected chi connectivity index (χ2v) is 2.57. The first-order valence-corrected chi connectivity index (χ1v) is 3.97. The second kappa shape index (κ2) is 4.34. The lowest BCUT2D eigenvalue weighted by atomic mass is 10.3. The van der Waals surface area contributed by atoms with Gasteiger partial charge in [-0.1, -0.05) is 0 Å². The molecule has 1 heterocycles. The van der Waals surface area contributed by atoms with Gasteiger partial charge in [0.25, 0.3) is 0 Å². The number of nitrogens with zero attached hydrogens (tertiary/aromatic N) is 1. The number of hydrogen-bond acceptors (Lipinski definition) is 3. The van der Waals surface area contributed by atoms with Gasteiger partial charge in [-0.2, -0.15) is 5.10 Å². The molecule has 6 heteroatoms. The van der Waals surface area contributed by atoms with Crippen LogP contribution in [0.25, 0.3) is 0 Å². The van der Waals surface area contributed by atoms with E-state index in [-0.39, 0.29) is 6.03 Å². The summed E-state index contributed by atoms with van der Waals surface area (Å²) < 4.78 is 0. The molecule has 5 N–H and O–H groups in total. The lowest BCUT2D eigenvalue weighted by Gasteiger charge is -2.01. The predicted octanol–water partition coefficient (Wildman–Crippen LogP) is -0.537. The Hall–Kier alpha value is -1.72. The third-order valence-electron chi connectivity index (χ3n) is 1.56. The Labute approximate surface area is 75.9 Å². The van der Waals surface area contributed by atoms with Crippen molar-refractivity contribution in [2.24, 2.45) is 0 Å². The Morgan fingerprint density at radius 3 is 3.08 bits per heavy atom. The van der Waals surface area contributed by atoms with Gasteiger partial charge in [0, 0.05) is 31.8 Å². The fourth-order valence-electron chi connectivity index (χ4n) is 0.907. The number of urea groups is 1. The predicted molar refractivity (Wildman–Crippen MR) is 49.2 cm³/mol. The van der Waals surface area contributed by atoms with E-state index >= 15 is 0 Å². The zero-order chi connectivity index (χ0) is 9.68. The van der Waals surface area contributed by atoms with E-state index in [0.29, 0.717) is 18.8 Å². The smallest absolute Gasteiger partial charge is 0.314 e. The molecule has 0 unspecified atom stereocenters. The quantitative estimate of drug-likeness (QED) is 0.507. The first-order valence-electron chi connectivity index (χ1n) is 3.97. The summed E-state index contributed by atoms with van der Waals surface area (Å²) in [4.78, 5) is 10.7. The summed E-state index contributed by atoms with van der Waals surface area (Å²) in [5, 5.41) is 11.6. The summed E-state index contributed by atoms with van der Waals surface area (Å²) in [6, 6.07) is 1.55. The lowest BCUT2D eigenvalue weighted by molar-refractivity contribution is 0.243. The summed E-state index contributed by atoms with van der Waals surface area (Å²) >= 11 is 0. The van der Waals surface area contributed by atoms with Crippen molar-refractivity contribution in [1.29, 1.82) is 0 Å². The standard InChI is InChI=1S/C7H13N5O/c1-9-7(13)10-3-2-5-4-6(8)12-11-5/h4H,2-3H2,1H3,(H3,8,11,12)(H2,9,10,13). The number of anilines is 1. The Morgan fingerprint density at radius 2 is 2.54 bits per heavy atom. The number of carbonyl (C=O) groups is 1. The van der Waals surface area contributed by atoms with Crippen molar-refractivity contribution in [1.82, 2.24) is 20.8 Å². The largest absolute Gasteiger partial charge is 0.382 e. The van der Waals surface area contributed by atoms with E-state index in [2.05, 4.69) is 20.8 Å². The molecular formula is C7H13N5O. The highest BCUT2D eigenvalue weighted by Gasteiger charge is 1.98. The minimum absolute atomic E-state index is 0.188. The molecule has 0 fully saturated rings. The molecule has 1 aromatic heterocycles. The van der Waals surface area contributed by atoms with E-state index in [4.69, 9.17) is 5.73 Å². The van der Waals surface area contributed by atoms with Crippen molar-refractivity contribution >= 4 is 11.8 Å². The average molecular weight is 183 g/mol. The number of hydrogen-bond donors (Lipinski definition) is 4. The maximum absolute atomic E-state index is 10.7. The van der Waals surface area contributed by atoms with Crippen LogP contribution in [-0.2, 0) is 6.42 Å². The van der Waals surface area contributed by atoms with E-state index in [1.165, 1.54) is 0 Å². The number of rotatable bonds is 3. The van der Waals surface area contributed by atoms with Crippen molar-refractivity contribution in [3.63, 3.8) is 0 Å². The number of amides is 2. The van der Waals surface area contributed by atoms with E-state index in [1.807, 2.05) is 0 Å². The lowest BCUT2D eigenvalue weighted by Crippen LogP contribution is -2.34. The zero-order valence-corrected chi connectivity index (χ0v) is 7.42. The molecule has 72 valence electrons. The van der Waals surface area contributed by atoms with Crippen molar-refractivity contribution in [2.45, 2.75) is 6.42 Å². The Balaban J connectivity index is 2.24. The molecule has 0 radical (unpaired) electrons. The fourth-order valence-corrected chi connectivity index (χ4v) is 0.907. The van der Waals surface area contributed by atoms with Crippen molar-refractivity contribution in [3.05, 3.63) is 11.8 Å². The van der Waals surface area contributed by atoms with Crippen LogP contribution in [0.2, 0.25) is 0 Å². The van der Waals surface area contributed by atoms with E-state index < -0.39 is 0 Å².